The Bertz CT molecular complexity index is 461. The highest BCUT2D eigenvalue weighted by molar-refractivity contribution is 5.67. The van der Waals surface area contributed by atoms with Crippen LogP contribution in [0.25, 0.3) is 0 Å². The molecule has 1 aromatic carbocycles. The lowest BCUT2D eigenvalue weighted by Gasteiger charge is -2.22. The summed E-state index contributed by atoms with van der Waals surface area (Å²) >= 11 is 0. The monoisotopic (exact) mass is 296 g/mol. The van der Waals surface area contributed by atoms with E-state index < -0.39 is 17.7 Å². The van der Waals surface area contributed by atoms with Gasteiger partial charge in [0.2, 0.25) is 0 Å². The molecule has 3 N–H and O–H groups in total. The van der Waals surface area contributed by atoms with Gasteiger partial charge in [0.1, 0.15) is 17.1 Å². The van der Waals surface area contributed by atoms with Crippen LogP contribution in [-0.2, 0) is 4.74 Å². The number of benzene rings is 1. The highest BCUT2D eigenvalue weighted by Crippen LogP contribution is 2.32. The predicted octanol–water partition coefficient (Wildman–Crippen LogP) is 2.23. The van der Waals surface area contributed by atoms with Crippen LogP contribution in [0.5, 0.6) is 11.5 Å². The van der Waals surface area contributed by atoms with Gasteiger partial charge in [0.15, 0.2) is 0 Å². The van der Waals surface area contributed by atoms with Crippen molar-refractivity contribution in [3.05, 3.63) is 23.8 Å². The van der Waals surface area contributed by atoms with Crippen LogP contribution in [0.3, 0.4) is 0 Å². The zero-order valence-corrected chi connectivity index (χ0v) is 13.2. The highest BCUT2D eigenvalue weighted by atomic mass is 16.6. The first-order valence-corrected chi connectivity index (χ1v) is 6.71. The van der Waals surface area contributed by atoms with Crippen LogP contribution < -0.4 is 20.5 Å². The largest absolute Gasteiger partial charge is 0.496 e. The smallest absolute Gasteiger partial charge is 0.407 e. The lowest BCUT2D eigenvalue weighted by atomic mass is 10.1. The van der Waals surface area contributed by atoms with E-state index in [0.717, 1.165) is 0 Å². The van der Waals surface area contributed by atoms with Gasteiger partial charge in [-0.2, -0.15) is 0 Å². The van der Waals surface area contributed by atoms with Gasteiger partial charge in [0.25, 0.3) is 0 Å². The highest BCUT2D eigenvalue weighted by Gasteiger charge is 2.20. The molecule has 1 amide bonds. The summed E-state index contributed by atoms with van der Waals surface area (Å²) in [4.78, 5) is 11.7. The fraction of sp³-hybridized carbons (Fsp3) is 0.533. The van der Waals surface area contributed by atoms with Crippen molar-refractivity contribution in [1.82, 2.24) is 5.32 Å². The molecule has 21 heavy (non-hydrogen) atoms. The minimum absolute atomic E-state index is 0.214. The Balaban J connectivity index is 2.76. The number of methoxy groups -OCH3 is 2. The van der Waals surface area contributed by atoms with E-state index in [-0.39, 0.29) is 6.54 Å². The molecule has 0 heterocycles. The van der Waals surface area contributed by atoms with Gasteiger partial charge in [-0.3, -0.25) is 0 Å². The molecule has 1 rings (SSSR count). The third kappa shape index (κ3) is 5.15. The quantitative estimate of drug-likeness (QED) is 0.870. The molecule has 1 aromatic rings. The second-order valence-corrected chi connectivity index (χ2v) is 5.57. The van der Waals surface area contributed by atoms with E-state index in [4.69, 9.17) is 19.9 Å². The van der Waals surface area contributed by atoms with Crippen LogP contribution in [0.1, 0.15) is 32.4 Å². The number of hydrogen-bond donors (Lipinski definition) is 2. The molecule has 0 aliphatic rings. The van der Waals surface area contributed by atoms with Crippen molar-refractivity contribution in [2.45, 2.75) is 32.4 Å². The van der Waals surface area contributed by atoms with Gasteiger partial charge in [-0.05, 0) is 32.9 Å². The van der Waals surface area contributed by atoms with Gasteiger partial charge < -0.3 is 25.3 Å². The van der Waals surface area contributed by atoms with Crippen molar-refractivity contribution >= 4 is 6.09 Å². The van der Waals surface area contributed by atoms with Crippen LogP contribution in [0, 0.1) is 0 Å². The molecule has 1 atom stereocenters. The van der Waals surface area contributed by atoms with Crippen LogP contribution >= 0.6 is 0 Å². The Morgan fingerprint density at radius 1 is 1.24 bits per heavy atom. The summed E-state index contributed by atoms with van der Waals surface area (Å²) in [6, 6.07) is 4.94. The predicted molar refractivity (Wildman–Crippen MR) is 80.7 cm³/mol. The molecule has 118 valence electrons. The number of carbonyl (C=O) groups is 1. The van der Waals surface area contributed by atoms with Gasteiger partial charge in [-0.1, -0.05) is 6.07 Å². The van der Waals surface area contributed by atoms with Crippen LogP contribution in [0.2, 0.25) is 0 Å². The molecule has 0 fully saturated rings. The molecule has 6 nitrogen and oxygen atoms in total. The number of nitrogens with two attached hydrogens (primary N) is 1. The molecule has 0 unspecified atom stereocenters. The van der Waals surface area contributed by atoms with Crippen molar-refractivity contribution in [3.8, 4) is 11.5 Å². The number of ether oxygens (including phenoxy) is 3. The third-order valence-corrected chi connectivity index (χ3v) is 2.70. The first-order chi connectivity index (χ1) is 9.78. The molecule has 0 spiro atoms. The standard InChI is InChI=1S/C15H24N2O4/c1-15(2,3)21-14(18)17-9-10(16)13-11(19-4)7-6-8-12(13)20-5/h6-8,10H,9,16H2,1-5H3,(H,17,18)/t10-/m1/s1. The Kier molecular flexibility index (Phi) is 5.84. The van der Waals surface area contributed by atoms with Gasteiger partial charge in [0.05, 0.1) is 25.8 Å². The number of carbonyl (C=O) groups excluding carboxylic acids is 1. The van der Waals surface area contributed by atoms with Gasteiger partial charge in [0, 0.05) is 6.54 Å². The molecule has 0 aromatic heterocycles. The number of alkyl carbamates (subject to hydrolysis) is 1. The van der Waals surface area contributed by atoms with E-state index >= 15 is 0 Å². The van der Waals surface area contributed by atoms with E-state index in [0.29, 0.717) is 17.1 Å². The maximum absolute atomic E-state index is 11.7. The molecular weight excluding hydrogens is 272 g/mol. The molecule has 0 bridgehead atoms. The molecular formula is C15H24N2O4. The summed E-state index contributed by atoms with van der Waals surface area (Å²) in [6.45, 7) is 5.62. The third-order valence-electron chi connectivity index (χ3n) is 2.70. The topological polar surface area (TPSA) is 82.8 Å². The molecule has 0 aliphatic heterocycles. The van der Waals surface area contributed by atoms with E-state index in [9.17, 15) is 4.79 Å². The number of nitrogens with one attached hydrogen (secondary N) is 1. The number of amides is 1. The molecule has 0 aliphatic carbocycles. The Morgan fingerprint density at radius 3 is 2.19 bits per heavy atom. The molecule has 0 saturated heterocycles. The fourth-order valence-corrected chi connectivity index (χ4v) is 1.85. The summed E-state index contributed by atoms with van der Waals surface area (Å²) in [7, 11) is 3.12. The second-order valence-electron chi connectivity index (χ2n) is 5.57. The minimum Gasteiger partial charge on any atom is -0.496 e. The summed E-state index contributed by atoms with van der Waals surface area (Å²) in [5.74, 6) is 1.24. The summed E-state index contributed by atoms with van der Waals surface area (Å²) in [5.41, 5.74) is 6.29. The lowest BCUT2D eigenvalue weighted by molar-refractivity contribution is 0.0524. The zero-order chi connectivity index (χ0) is 16.0. The average molecular weight is 296 g/mol. The minimum atomic E-state index is -0.545. The fourth-order valence-electron chi connectivity index (χ4n) is 1.85. The Hall–Kier alpha value is -1.95. The van der Waals surface area contributed by atoms with E-state index in [2.05, 4.69) is 5.32 Å². The van der Waals surface area contributed by atoms with E-state index in [1.165, 1.54) is 0 Å². The first-order valence-electron chi connectivity index (χ1n) is 6.71. The normalized spacial score (nSPS) is 12.5. The van der Waals surface area contributed by atoms with Crippen molar-refractivity contribution < 1.29 is 19.0 Å². The van der Waals surface area contributed by atoms with Crippen molar-refractivity contribution in [3.63, 3.8) is 0 Å². The first kappa shape index (κ1) is 17.1. The Morgan fingerprint density at radius 2 is 1.76 bits per heavy atom. The number of rotatable bonds is 5. The van der Waals surface area contributed by atoms with Gasteiger partial charge in [-0.25, -0.2) is 4.79 Å². The summed E-state index contributed by atoms with van der Waals surface area (Å²) in [5, 5.41) is 2.64. The van der Waals surface area contributed by atoms with E-state index in [1.54, 1.807) is 47.1 Å². The zero-order valence-electron chi connectivity index (χ0n) is 13.2. The van der Waals surface area contributed by atoms with Crippen LogP contribution in [-0.4, -0.2) is 32.5 Å². The van der Waals surface area contributed by atoms with Gasteiger partial charge >= 0.3 is 6.09 Å². The second kappa shape index (κ2) is 7.17. The molecule has 6 heteroatoms. The van der Waals surface area contributed by atoms with E-state index in [1.807, 2.05) is 6.07 Å². The van der Waals surface area contributed by atoms with Crippen LogP contribution in [0.4, 0.5) is 4.79 Å². The average Bonchev–Trinajstić information content (AvgIpc) is 2.41. The van der Waals surface area contributed by atoms with Crippen molar-refractivity contribution in [1.29, 1.82) is 0 Å². The maximum Gasteiger partial charge on any atom is 0.407 e. The van der Waals surface area contributed by atoms with Crippen LogP contribution in [0.15, 0.2) is 18.2 Å². The van der Waals surface area contributed by atoms with Crippen molar-refractivity contribution in [2.24, 2.45) is 5.73 Å². The SMILES string of the molecule is COc1cccc(OC)c1[C@H](N)CNC(=O)OC(C)(C)C. The van der Waals surface area contributed by atoms with Crippen molar-refractivity contribution in [2.75, 3.05) is 20.8 Å². The Labute approximate surface area is 125 Å². The molecule has 0 saturated carbocycles. The van der Waals surface area contributed by atoms with Gasteiger partial charge in [-0.15, -0.1) is 0 Å². The maximum atomic E-state index is 11.7. The molecule has 0 radical (unpaired) electrons. The summed E-state index contributed by atoms with van der Waals surface area (Å²) < 4.78 is 15.8. The lowest BCUT2D eigenvalue weighted by Crippen LogP contribution is -2.36. The summed E-state index contributed by atoms with van der Waals surface area (Å²) in [6.07, 6.45) is -0.508. The number of hydrogen-bond acceptors (Lipinski definition) is 5.